The molecule has 0 saturated heterocycles. The van der Waals surface area contributed by atoms with Gasteiger partial charge in [0.05, 0.1) is 6.67 Å². The van der Waals surface area contributed by atoms with Crippen LogP contribution in [-0.2, 0) is 0 Å². The van der Waals surface area contributed by atoms with Crippen LogP contribution in [-0.4, -0.2) is 16.3 Å². The SMILES string of the molecule is FCC1C(Br)CCCC1Br. The van der Waals surface area contributed by atoms with E-state index in [1.54, 1.807) is 0 Å². The van der Waals surface area contributed by atoms with E-state index in [9.17, 15) is 4.39 Å². The van der Waals surface area contributed by atoms with Crippen LogP contribution in [0.5, 0.6) is 0 Å². The molecule has 1 saturated carbocycles. The van der Waals surface area contributed by atoms with Gasteiger partial charge in [0.1, 0.15) is 0 Å². The van der Waals surface area contributed by atoms with Gasteiger partial charge in [-0.25, -0.2) is 0 Å². The van der Waals surface area contributed by atoms with E-state index < -0.39 is 0 Å². The van der Waals surface area contributed by atoms with E-state index in [2.05, 4.69) is 31.9 Å². The molecule has 0 aromatic heterocycles. The van der Waals surface area contributed by atoms with Gasteiger partial charge < -0.3 is 0 Å². The molecule has 0 bridgehead atoms. The van der Waals surface area contributed by atoms with E-state index in [0.29, 0.717) is 9.65 Å². The molecular weight excluding hydrogens is 263 g/mol. The first-order chi connectivity index (χ1) is 4.75. The first-order valence-electron chi connectivity index (χ1n) is 3.60. The molecule has 60 valence electrons. The Morgan fingerprint density at radius 1 is 1.20 bits per heavy atom. The van der Waals surface area contributed by atoms with Crippen LogP contribution in [0.4, 0.5) is 4.39 Å². The summed E-state index contributed by atoms with van der Waals surface area (Å²) in [6.07, 6.45) is 3.45. The smallest absolute Gasteiger partial charge is 0.0944 e. The third-order valence-electron chi connectivity index (χ3n) is 2.07. The summed E-state index contributed by atoms with van der Waals surface area (Å²) in [5.74, 6) is 0.189. The highest BCUT2D eigenvalue weighted by Crippen LogP contribution is 2.34. The highest BCUT2D eigenvalue weighted by molar-refractivity contribution is 9.10. The number of hydrogen-bond donors (Lipinski definition) is 0. The Morgan fingerprint density at radius 2 is 1.70 bits per heavy atom. The first kappa shape index (κ1) is 8.98. The Labute approximate surface area is 77.8 Å². The van der Waals surface area contributed by atoms with Crippen LogP contribution >= 0.6 is 31.9 Å². The Hall–Kier alpha value is 0.890. The van der Waals surface area contributed by atoms with Crippen molar-refractivity contribution >= 4 is 31.9 Å². The molecule has 1 aliphatic rings. The lowest BCUT2D eigenvalue weighted by molar-refractivity contribution is 0.304. The summed E-state index contributed by atoms with van der Waals surface area (Å²) in [7, 11) is 0. The molecule has 0 amide bonds. The Morgan fingerprint density at radius 3 is 2.00 bits per heavy atom. The molecule has 10 heavy (non-hydrogen) atoms. The standard InChI is InChI=1S/C7H11Br2F/c8-6-2-1-3-7(9)5(6)4-10/h5-7H,1-4H2. The molecular formula is C7H11Br2F. The van der Waals surface area contributed by atoms with Gasteiger partial charge in [0.25, 0.3) is 0 Å². The fourth-order valence-corrected chi connectivity index (χ4v) is 3.43. The molecule has 0 nitrogen and oxygen atoms in total. The molecule has 1 rings (SSSR count). The molecule has 0 heterocycles. The van der Waals surface area contributed by atoms with E-state index in [1.807, 2.05) is 0 Å². The van der Waals surface area contributed by atoms with Crippen LogP contribution in [0.2, 0.25) is 0 Å². The van der Waals surface area contributed by atoms with E-state index >= 15 is 0 Å². The van der Waals surface area contributed by atoms with Gasteiger partial charge in [0.2, 0.25) is 0 Å². The fourth-order valence-electron chi connectivity index (χ4n) is 1.36. The van der Waals surface area contributed by atoms with Gasteiger partial charge in [-0.15, -0.1) is 0 Å². The van der Waals surface area contributed by atoms with E-state index in [4.69, 9.17) is 0 Å². The molecule has 2 unspecified atom stereocenters. The minimum atomic E-state index is -0.203. The predicted octanol–water partition coefficient (Wildman–Crippen LogP) is 3.28. The number of alkyl halides is 3. The van der Waals surface area contributed by atoms with E-state index in [-0.39, 0.29) is 12.6 Å². The second kappa shape index (κ2) is 4.05. The molecule has 0 aliphatic heterocycles. The number of rotatable bonds is 1. The maximum absolute atomic E-state index is 12.3. The van der Waals surface area contributed by atoms with Crippen LogP contribution in [0, 0.1) is 5.92 Å². The Kier molecular flexibility index (Phi) is 3.64. The van der Waals surface area contributed by atoms with Gasteiger partial charge in [-0.05, 0) is 12.8 Å². The van der Waals surface area contributed by atoms with Gasteiger partial charge in [-0.1, -0.05) is 38.3 Å². The average Bonchev–Trinajstić information content (AvgIpc) is 1.88. The van der Waals surface area contributed by atoms with Crippen LogP contribution < -0.4 is 0 Å². The second-order valence-electron chi connectivity index (χ2n) is 2.78. The zero-order valence-corrected chi connectivity index (χ0v) is 8.87. The zero-order chi connectivity index (χ0) is 7.56. The quantitative estimate of drug-likeness (QED) is 0.644. The number of hydrogen-bond acceptors (Lipinski definition) is 0. The van der Waals surface area contributed by atoms with Gasteiger partial charge >= 0.3 is 0 Å². The fraction of sp³-hybridized carbons (Fsp3) is 1.00. The highest BCUT2D eigenvalue weighted by atomic mass is 79.9. The minimum Gasteiger partial charge on any atom is -0.251 e. The summed E-state index contributed by atoms with van der Waals surface area (Å²) in [4.78, 5) is 0.770. The Balaban J connectivity index is 2.45. The number of halogens is 3. The molecule has 0 radical (unpaired) electrons. The molecule has 0 spiro atoms. The third-order valence-corrected chi connectivity index (χ3v) is 4.34. The van der Waals surface area contributed by atoms with Crippen LogP contribution in [0.1, 0.15) is 19.3 Å². The summed E-state index contributed by atoms with van der Waals surface area (Å²) in [5, 5.41) is 0. The van der Waals surface area contributed by atoms with Crippen molar-refractivity contribution in [2.45, 2.75) is 28.9 Å². The summed E-state index contributed by atoms with van der Waals surface area (Å²) in [5.41, 5.74) is 0. The van der Waals surface area contributed by atoms with Crippen molar-refractivity contribution in [1.29, 1.82) is 0 Å². The Bertz CT molecular complexity index is 97.8. The van der Waals surface area contributed by atoms with Gasteiger partial charge in [0, 0.05) is 15.6 Å². The first-order valence-corrected chi connectivity index (χ1v) is 5.43. The third kappa shape index (κ3) is 1.94. The zero-order valence-electron chi connectivity index (χ0n) is 5.69. The van der Waals surface area contributed by atoms with Crippen molar-refractivity contribution in [1.82, 2.24) is 0 Å². The normalized spacial score (nSPS) is 41.7. The summed E-state index contributed by atoms with van der Waals surface area (Å²) < 4.78 is 12.3. The lowest BCUT2D eigenvalue weighted by atomic mass is 9.90. The minimum absolute atomic E-state index is 0.189. The lowest BCUT2D eigenvalue weighted by Gasteiger charge is -2.29. The maximum atomic E-state index is 12.3. The average molecular weight is 274 g/mol. The summed E-state index contributed by atoms with van der Waals surface area (Å²) in [6, 6.07) is 0. The molecule has 3 heteroatoms. The highest BCUT2D eigenvalue weighted by Gasteiger charge is 2.29. The van der Waals surface area contributed by atoms with Crippen molar-refractivity contribution in [2.75, 3.05) is 6.67 Å². The van der Waals surface area contributed by atoms with Crippen LogP contribution in [0.15, 0.2) is 0 Å². The molecule has 1 fully saturated rings. The molecule has 2 atom stereocenters. The molecule has 0 aromatic rings. The largest absolute Gasteiger partial charge is 0.251 e. The van der Waals surface area contributed by atoms with Crippen molar-refractivity contribution in [2.24, 2.45) is 5.92 Å². The van der Waals surface area contributed by atoms with Crippen molar-refractivity contribution in [3.05, 3.63) is 0 Å². The summed E-state index contributed by atoms with van der Waals surface area (Å²) in [6.45, 7) is -0.203. The van der Waals surface area contributed by atoms with E-state index in [1.165, 1.54) is 6.42 Å². The molecule has 0 N–H and O–H groups in total. The van der Waals surface area contributed by atoms with Crippen molar-refractivity contribution < 1.29 is 4.39 Å². The molecule has 1 aliphatic carbocycles. The van der Waals surface area contributed by atoms with Crippen LogP contribution in [0.3, 0.4) is 0 Å². The maximum Gasteiger partial charge on any atom is 0.0944 e. The predicted molar refractivity (Wildman–Crippen MR) is 48.7 cm³/mol. The van der Waals surface area contributed by atoms with E-state index in [0.717, 1.165) is 12.8 Å². The van der Waals surface area contributed by atoms with Gasteiger partial charge in [-0.2, -0.15) is 0 Å². The second-order valence-corrected chi connectivity index (χ2v) is 5.13. The lowest BCUT2D eigenvalue weighted by Crippen LogP contribution is -2.30. The van der Waals surface area contributed by atoms with Crippen LogP contribution in [0.25, 0.3) is 0 Å². The van der Waals surface area contributed by atoms with Crippen molar-refractivity contribution in [3.8, 4) is 0 Å². The van der Waals surface area contributed by atoms with Gasteiger partial charge in [-0.3, -0.25) is 4.39 Å². The monoisotopic (exact) mass is 272 g/mol. The molecule has 0 aromatic carbocycles. The topological polar surface area (TPSA) is 0 Å². The van der Waals surface area contributed by atoms with Gasteiger partial charge in [0.15, 0.2) is 0 Å². The van der Waals surface area contributed by atoms with Crippen molar-refractivity contribution in [3.63, 3.8) is 0 Å². The summed E-state index contributed by atoms with van der Waals surface area (Å²) >= 11 is 6.97.